The molecule has 0 atom stereocenters. The van der Waals surface area contributed by atoms with Crippen molar-refractivity contribution in [3.05, 3.63) is 40.5 Å². The summed E-state index contributed by atoms with van der Waals surface area (Å²) in [5.41, 5.74) is -3.96. The Morgan fingerprint density at radius 1 is 1.10 bits per heavy atom. The molecule has 0 aliphatic carbocycles. The van der Waals surface area contributed by atoms with Crippen LogP contribution in [0.3, 0.4) is 0 Å². The Kier molecular flexibility index (Phi) is 4.16. The zero-order chi connectivity index (χ0) is 15.7. The molecule has 8 heteroatoms. The predicted molar refractivity (Wildman–Crippen MR) is 57.7 cm³/mol. The molecule has 0 heterocycles. The summed E-state index contributed by atoms with van der Waals surface area (Å²) in [5.74, 6) is -1.52. The van der Waals surface area contributed by atoms with Crippen LogP contribution in [0.5, 0.6) is 0 Å². The molecule has 0 aromatic heterocycles. The van der Waals surface area contributed by atoms with Crippen LogP contribution in [-0.4, -0.2) is 11.1 Å². The van der Waals surface area contributed by atoms with E-state index in [1.54, 1.807) is 0 Å². The molecule has 1 N–H and O–H groups in total. The van der Waals surface area contributed by atoms with Gasteiger partial charge in [-0.1, -0.05) is 0 Å². The molecule has 20 heavy (non-hydrogen) atoms. The van der Waals surface area contributed by atoms with Gasteiger partial charge in [0, 0.05) is 5.57 Å². The maximum Gasteiger partial charge on any atom is 0.416 e. The highest BCUT2D eigenvalue weighted by Gasteiger charge is 2.36. The summed E-state index contributed by atoms with van der Waals surface area (Å²) in [6.45, 7) is 0.989. The van der Waals surface area contributed by atoms with Gasteiger partial charge in [0.2, 0.25) is 0 Å². The van der Waals surface area contributed by atoms with Gasteiger partial charge in [-0.05, 0) is 36.8 Å². The lowest BCUT2D eigenvalue weighted by atomic mass is 10.0. The first-order chi connectivity index (χ1) is 8.93. The van der Waals surface area contributed by atoms with Crippen LogP contribution >= 0.6 is 0 Å². The lowest BCUT2D eigenvalue weighted by Gasteiger charge is -2.14. The molecule has 0 saturated heterocycles. The van der Waals surface area contributed by atoms with E-state index >= 15 is 0 Å². The van der Waals surface area contributed by atoms with Gasteiger partial charge in [0.1, 0.15) is 0 Å². The van der Waals surface area contributed by atoms with E-state index in [0.717, 1.165) is 6.92 Å². The van der Waals surface area contributed by atoms with Crippen LogP contribution in [0, 0.1) is 0 Å². The van der Waals surface area contributed by atoms with Crippen molar-refractivity contribution >= 4 is 12.0 Å². The molecule has 0 aliphatic heterocycles. The molecule has 0 bridgehead atoms. The van der Waals surface area contributed by atoms with Crippen LogP contribution in [0.15, 0.2) is 23.8 Å². The minimum Gasteiger partial charge on any atom is -0.478 e. The Labute approximate surface area is 109 Å². The topological polar surface area (TPSA) is 37.3 Å². The van der Waals surface area contributed by atoms with Crippen LogP contribution in [-0.2, 0) is 17.1 Å². The Balaban J connectivity index is 3.50. The Bertz CT molecular complexity index is 554. The van der Waals surface area contributed by atoms with Gasteiger partial charge in [0.05, 0.1) is 11.1 Å². The Morgan fingerprint density at radius 3 is 2.05 bits per heavy atom. The molecule has 0 amide bonds. The van der Waals surface area contributed by atoms with Crippen molar-refractivity contribution in [3.63, 3.8) is 0 Å². The van der Waals surface area contributed by atoms with Gasteiger partial charge < -0.3 is 5.11 Å². The minimum absolute atomic E-state index is 0.273. The van der Waals surface area contributed by atoms with Gasteiger partial charge in [-0.15, -0.1) is 0 Å². The van der Waals surface area contributed by atoms with Gasteiger partial charge in [0.25, 0.3) is 0 Å². The average molecular weight is 298 g/mol. The molecule has 1 rings (SSSR count). The van der Waals surface area contributed by atoms with Crippen LogP contribution in [0.4, 0.5) is 26.3 Å². The van der Waals surface area contributed by atoms with Gasteiger partial charge in [-0.25, -0.2) is 4.79 Å². The van der Waals surface area contributed by atoms with Crippen LogP contribution in [0.2, 0.25) is 0 Å². The summed E-state index contributed by atoms with van der Waals surface area (Å²) in [7, 11) is 0. The van der Waals surface area contributed by atoms with Crippen LogP contribution in [0.25, 0.3) is 6.08 Å². The van der Waals surface area contributed by atoms with E-state index in [-0.39, 0.29) is 12.1 Å². The van der Waals surface area contributed by atoms with Crippen molar-refractivity contribution in [2.75, 3.05) is 0 Å². The maximum atomic E-state index is 12.7. The van der Waals surface area contributed by atoms with Gasteiger partial charge >= 0.3 is 18.3 Å². The number of benzene rings is 1. The first-order valence-electron chi connectivity index (χ1n) is 5.13. The van der Waals surface area contributed by atoms with E-state index in [1.165, 1.54) is 0 Å². The monoisotopic (exact) mass is 298 g/mol. The van der Waals surface area contributed by atoms with E-state index in [4.69, 9.17) is 5.11 Å². The molecule has 110 valence electrons. The fourth-order valence-electron chi connectivity index (χ4n) is 1.41. The largest absolute Gasteiger partial charge is 0.478 e. The standard InChI is InChI=1S/C12H8F6O2/c1-6(10(19)20)4-7-5-8(11(13,14)15)2-3-9(7)12(16,17)18/h2-5H,1H3,(H,19,20)/b6-4+. The van der Waals surface area contributed by atoms with E-state index in [1.807, 2.05) is 0 Å². The second kappa shape index (κ2) is 5.18. The Hall–Kier alpha value is -1.99. The average Bonchev–Trinajstić information content (AvgIpc) is 2.25. The first kappa shape index (κ1) is 16.1. The fraction of sp³-hybridized carbons (Fsp3) is 0.250. The minimum atomic E-state index is -4.88. The summed E-state index contributed by atoms with van der Waals surface area (Å²) in [4.78, 5) is 10.6. The highest BCUT2D eigenvalue weighted by molar-refractivity contribution is 5.91. The van der Waals surface area contributed by atoms with E-state index in [2.05, 4.69) is 0 Å². The summed E-state index contributed by atoms with van der Waals surface area (Å²) >= 11 is 0. The summed E-state index contributed by atoms with van der Waals surface area (Å²) in [5, 5.41) is 8.59. The molecule has 0 radical (unpaired) electrons. The molecule has 0 saturated carbocycles. The number of carboxylic acid groups (broad SMARTS) is 1. The third kappa shape index (κ3) is 3.75. The van der Waals surface area contributed by atoms with Gasteiger partial charge in [0.15, 0.2) is 0 Å². The normalized spacial score (nSPS) is 13.4. The van der Waals surface area contributed by atoms with Gasteiger partial charge in [-0.3, -0.25) is 0 Å². The molecule has 0 spiro atoms. The molecule has 1 aromatic carbocycles. The van der Waals surface area contributed by atoms with E-state index < -0.39 is 40.6 Å². The van der Waals surface area contributed by atoms with E-state index in [9.17, 15) is 31.1 Å². The number of carbonyl (C=O) groups is 1. The summed E-state index contributed by atoms with van der Waals surface area (Å²) in [6.07, 6.45) is -9.14. The maximum absolute atomic E-state index is 12.7. The molecule has 0 fully saturated rings. The number of aliphatic carboxylic acids is 1. The van der Waals surface area contributed by atoms with Crippen molar-refractivity contribution < 1.29 is 36.2 Å². The molecular weight excluding hydrogens is 290 g/mol. The zero-order valence-electron chi connectivity index (χ0n) is 9.93. The number of hydrogen-bond acceptors (Lipinski definition) is 1. The van der Waals surface area contributed by atoms with Crippen molar-refractivity contribution in [2.24, 2.45) is 0 Å². The van der Waals surface area contributed by atoms with Crippen molar-refractivity contribution in [1.29, 1.82) is 0 Å². The third-order valence-corrected chi connectivity index (χ3v) is 2.39. The second-order valence-corrected chi connectivity index (χ2v) is 3.93. The number of alkyl halides is 6. The predicted octanol–water partition coefficient (Wildman–Crippen LogP) is 4.21. The Morgan fingerprint density at radius 2 is 1.65 bits per heavy atom. The SMILES string of the molecule is C/C(=C\c1cc(C(F)(F)F)ccc1C(F)(F)F)C(=O)O. The van der Waals surface area contributed by atoms with Crippen molar-refractivity contribution in [3.8, 4) is 0 Å². The first-order valence-corrected chi connectivity index (χ1v) is 5.13. The highest BCUT2D eigenvalue weighted by atomic mass is 19.4. The van der Waals surface area contributed by atoms with Crippen molar-refractivity contribution in [1.82, 2.24) is 0 Å². The number of carboxylic acids is 1. The smallest absolute Gasteiger partial charge is 0.416 e. The molecule has 2 nitrogen and oxygen atoms in total. The fourth-order valence-corrected chi connectivity index (χ4v) is 1.41. The third-order valence-electron chi connectivity index (χ3n) is 2.39. The van der Waals surface area contributed by atoms with Crippen LogP contribution < -0.4 is 0 Å². The van der Waals surface area contributed by atoms with Crippen LogP contribution in [0.1, 0.15) is 23.6 Å². The second-order valence-electron chi connectivity index (χ2n) is 3.93. The molecule has 0 aliphatic rings. The molecule has 1 aromatic rings. The number of rotatable bonds is 2. The lowest BCUT2D eigenvalue weighted by molar-refractivity contribution is -0.141. The number of hydrogen-bond donors (Lipinski definition) is 1. The highest BCUT2D eigenvalue weighted by Crippen LogP contribution is 2.37. The zero-order valence-corrected chi connectivity index (χ0v) is 9.93. The van der Waals surface area contributed by atoms with E-state index in [0.29, 0.717) is 12.1 Å². The quantitative estimate of drug-likeness (QED) is 0.656. The molecule has 0 unspecified atom stereocenters. The lowest BCUT2D eigenvalue weighted by Crippen LogP contribution is -2.11. The van der Waals surface area contributed by atoms with Gasteiger partial charge in [-0.2, -0.15) is 26.3 Å². The van der Waals surface area contributed by atoms with Crippen molar-refractivity contribution in [2.45, 2.75) is 19.3 Å². The molecular formula is C12H8F6O2. The summed E-state index contributed by atoms with van der Waals surface area (Å²) in [6, 6.07) is 0.856. The summed E-state index contributed by atoms with van der Waals surface area (Å²) < 4.78 is 75.4. The number of halogens is 6.